The average molecular weight is 325 g/mol. The van der Waals surface area contributed by atoms with Gasteiger partial charge in [0.25, 0.3) is 5.91 Å². The Labute approximate surface area is 139 Å². The van der Waals surface area contributed by atoms with Crippen LogP contribution in [-0.2, 0) is 4.79 Å². The van der Waals surface area contributed by atoms with E-state index in [0.29, 0.717) is 5.76 Å². The minimum atomic E-state index is -0.391. The first kappa shape index (κ1) is 14.9. The summed E-state index contributed by atoms with van der Waals surface area (Å²) in [5.74, 6) is 0.127. The second kappa shape index (κ2) is 5.78. The second-order valence-corrected chi connectivity index (χ2v) is 6.50. The van der Waals surface area contributed by atoms with Crippen molar-refractivity contribution in [1.82, 2.24) is 15.4 Å². The number of hydrogen-bond acceptors (Lipinski definition) is 4. The van der Waals surface area contributed by atoms with Crippen LogP contribution in [0.3, 0.4) is 0 Å². The van der Waals surface area contributed by atoms with Crippen molar-refractivity contribution in [2.45, 2.75) is 31.2 Å². The van der Waals surface area contributed by atoms with Crippen LogP contribution >= 0.6 is 0 Å². The zero-order valence-corrected chi connectivity index (χ0v) is 13.3. The molecule has 1 aliphatic carbocycles. The Morgan fingerprint density at radius 2 is 2.00 bits per heavy atom. The van der Waals surface area contributed by atoms with Crippen molar-refractivity contribution in [1.29, 1.82) is 0 Å². The number of nitrogens with one attached hydrogen (secondary N) is 1. The summed E-state index contributed by atoms with van der Waals surface area (Å²) in [5.41, 5.74) is 1.15. The number of carbonyl (C=O) groups is 2. The van der Waals surface area contributed by atoms with Crippen LogP contribution in [0.2, 0.25) is 0 Å². The van der Waals surface area contributed by atoms with Crippen molar-refractivity contribution in [3.63, 3.8) is 0 Å². The minimum Gasteiger partial charge on any atom is -0.355 e. The first-order chi connectivity index (χ1) is 11.7. The molecule has 1 aliphatic heterocycles. The van der Waals surface area contributed by atoms with E-state index in [-0.39, 0.29) is 23.7 Å². The molecule has 6 heteroatoms. The summed E-state index contributed by atoms with van der Waals surface area (Å²) >= 11 is 0. The molecule has 2 aliphatic rings. The van der Waals surface area contributed by atoms with E-state index in [2.05, 4.69) is 10.5 Å². The number of carbonyl (C=O) groups excluding carboxylic acids is 2. The summed E-state index contributed by atoms with van der Waals surface area (Å²) in [4.78, 5) is 26.3. The van der Waals surface area contributed by atoms with Crippen LogP contribution in [-0.4, -0.2) is 40.5 Å². The fraction of sp³-hybridized carbons (Fsp3) is 0.389. The molecule has 1 aromatic heterocycles. The Hall–Kier alpha value is -2.63. The quantitative estimate of drug-likeness (QED) is 0.935. The van der Waals surface area contributed by atoms with Crippen LogP contribution in [0, 0.1) is 0 Å². The first-order valence-corrected chi connectivity index (χ1v) is 8.29. The molecule has 1 aromatic carbocycles. The number of rotatable bonds is 4. The van der Waals surface area contributed by atoms with Gasteiger partial charge >= 0.3 is 0 Å². The van der Waals surface area contributed by atoms with Gasteiger partial charge in [-0.05, 0) is 25.7 Å². The summed E-state index contributed by atoms with van der Waals surface area (Å²) in [6, 6.07) is 11.0. The molecule has 0 radical (unpaired) electrons. The maximum Gasteiger partial charge on any atom is 0.273 e. The normalized spacial score (nSPS) is 17.9. The van der Waals surface area contributed by atoms with Crippen LogP contribution in [0.5, 0.6) is 0 Å². The summed E-state index contributed by atoms with van der Waals surface area (Å²) in [7, 11) is 0. The Balaban J connectivity index is 1.35. The molecule has 2 fully saturated rings. The van der Waals surface area contributed by atoms with E-state index in [0.717, 1.165) is 31.4 Å². The van der Waals surface area contributed by atoms with Gasteiger partial charge < -0.3 is 14.7 Å². The molecule has 24 heavy (non-hydrogen) atoms. The first-order valence-electron chi connectivity index (χ1n) is 8.29. The fourth-order valence-electron chi connectivity index (χ4n) is 3.50. The van der Waals surface area contributed by atoms with E-state index < -0.39 is 5.91 Å². The van der Waals surface area contributed by atoms with Gasteiger partial charge in [0.15, 0.2) is 11.5 Å². The molecule has 1 saturated carbocycles. The minimum absolute atomic E-state index is 0.00805. The lowest BCUT2D eigenvalue weighted by atomic mass is 9.68. The maximum atomic E-state index is 12.3. The third-order valence-electron chi connectivity index (χ3n) is 5.16. The molecular formula is C18H19N3O3. The topological polar surface area (TPSA) is 75.4 Å². The Kier molecular flexibility index (Phi) is 3.59. The lowest BCUT2D eigenvalue weighted by Gasteiger charge is -2.58. The van der Waals surface area contributed by atoms with Gasteiger partial charge in [-0.1, -0.05) is 35.5 Å². The zero-order chi connectivity index (χ0) is 16.6. The molecule has 2 amide bonds. The predicted molar refractivity (Wildman–Crippen MR) is 87.2 cm³/mol. The third-order valence-corrected chi connectivity index (χ3v) is 5.16. The van der Waals surface area contributed by atoms with Crippen molar-refractivity contribution < 1.29 is 14.1 Å². The van der Waals surface area contributed by atoms with Gasteiger partial charge in [0, 0.05) is 23.7 Å². The van der Waals surface area contributed by atoms with Crippen LogP contribution in [0.1, 0.15) is 36.2 Å². The molecule has 6 nitrogen and oxygen atoms in total. The van der Waals surface area contributed by atoms with Crippen molar-refractivity contribution >= 4 is 11.8 Å². The highest BCUT2D eigenvalue weighted by atomic mass is 16.5. The summed E-state index contributed by atoms with van der Waals surface area (Å²) < 4.78 is 5.21. The molecule has 2 aromatic rings. The van der Waals surface area contributed by atoms with Crippen molar-refractivity contribution in [2.24, 2.45) is 0 Å². The zero-order valence-electron chi connectivity index (χ0n) is 13.3. The van der Waals surface area contributed by atoms with E-state index in [1.807, 2.05) is 35.2 Å². The van der Waals surface area contributed by atoms with Gasteiger partial charge in [0.2, 0.25) is 5.91 Å². The number of benzene rings is 1. The molecule has 1 spiro atoms. The molecule has 4 rings (SSSR count). The smallest absolute Gasteiger partial charge is 0.273 e. The number of aromatic nitrogens is 1. The Morgan fingerprint density at radius 3 is 2.62 bits per heavy atom. The Morgan fingerprint density at radius 1 is 1.21 bits per heavy atom. The van der Waals surface area contributed by atoms with Gasteiger partial charge in [0.05, 0.1) is 6.54 Å². The van der Waals surface area contributed by atoms with Gasteiger partial charge in [-0.2, -0.15) is 0 Å². The van der Waals surface area contributed by atoms with Crippen molar-refractivity contribution in [3.05, 3.63) is 42.1 Å². The third kappa shape index (κ3) is 2.48. The number of nitrogens with zero attached hydrogens (tertiary/aromatic N) is 2. The lowest BCUT2D eigenvalue weighted by molar-refractivity contribution is -0.154. The maximum absolute atomic E-state index is 12.3. The van der Waals surface area contributed by atoms with Gasteiger partial charge in [-0.3, -0.25) is 9.59 Å². The Bertz CT molecular complexity index is 759. The van der Waals surface area contributed by atoms with Crippen molar-refractivity contribution in [3.8, 4) is 11.3 Å². The lowest BCUT2D eigenvalue weighted by Crippen LogP contribution is -2.66. The highest BCUT2D eigenvalue weighted by Gasteiger charge is 2.50. The van der Waals surface area contributed by atoms with Crippen molar-refractivity contribution in [2.75, 3.05) is 13.1 Å². The standard InChI is InChI=1S/C18H19N3O3/c22-16(21-10-9-18(21)7-4-8-18)12-19-17(23)14-11-15(24-20-14)13-5-2-1-3-6-13/h1-3,5-6,11H,4,7-10,12H2,(H,19,23). The van der Waals surface area contributed by atoms with Gasteiger partial charge in [-0.15, -0.1) is 0 Å². The molecule has 1 saturated heterocycles. The monoisotopic (exact) mass is 325 g/mol. The van der Waals surface area contributed by atoms with E-state index in [4.69, 9.17) is 4.52 Å². The summed E-state index contributed by atoms with van der Waals surface area (Å²) in [5, 5.41) is 6.44. The van der Waals surface area contributed by atoms with Gasteiger partial charge in [-0.25, -0.2) is 0 Å². The second-order valence-electron chi connectivity index (χ2n) is 6.50. The predicted octanol–water partition coefficient (Wildman–Crippen LogP) is 2.23. The SMILES string of the molecule is O=C(NCC(=O)N1CCC12CCC2)c1cc(-c2ccccc2)on1. The van der Waals surface area contributed by atoms with E-state index in [1.54, 1.807) is 6.07 Å². The molecule has 0 unspecified atom stereocenters. The van der Waals surface area contributed by atoms with E-state index in [1.165, 1.54) is 6.42 Å². The average Bonchev–Trinajstić information content (AvgIpc) is 3.01. The number of amides is 2. The fourth-order valence-corrected chi connectivity index (χ4v) is 3.50. The molecule has 0 bridgehead atoms. The highest BCUT2D eigenvalue weighted by molar-refractivity contribution is 5.95. The molecule has 2 heterocycles. The largest absolute Gasteiger partial charge is 0.355 e. The van der Waals surface area contributed by atoms with Crippen LogP contribution in [0.4, 0.5) is 0 Å². The molecule has 124 valence electrons. The van der Waals surface area contributed by atoms with Crippen LogP contribution in [0.15, 0.2) is 40.9 Å². The molecule has 0 atom stereocenters. The van der Waals surface area contributed by atoms with E-state index in [9.17, 15) is 9.59 Å². The van der Waals surface area contributed by atoms with Gasteiger partial charge in [0.1, 0.15) is 0 Å². The molecular weight excluding hydrogens is 306 g/mol. The highest BCUT2D eigenvalue weighted by Crippen LogP contribution is 2.46. The van der Waals surface area contributed by atoms with Crippen LogP contribution in [0.25, 0.3) is 11.3 Å². The van der Waals surface area contributed by atoms with Crippen LogP contribution < -0.4 is 5.32 Å². The summed E-state index contributed by atoms with van der Waals surface area (Å²) in [6.07, 6.45) is 4.47. The number of hydrogen-bond donors (Lipinski definition) is 1. The number of likely N-dealkylation sites (tertiary alicyclic amines) is 1. The summed E-state index contributed by atoms with van der Waals surface area (Å²) in [6.45, 7) is 0.810. The molecule has 1 N–H and O–H groups in total. The van der Waals surface area contributed by atoms with E-state index >= 15 is 0 Å².